The van der Waals surface area contributed by atoms with E-state index in [0.717, 1.165) is 0 Å². The minimum atomic E-state index is -3.73. The second-order valence-electron chi connectivity index (χ2n) is 4.27. The SMILES string of the molecule is CCOC(=O)CNS(=O)(=O)C1CCCC1C(=O)OC. The Morgan fingerprint density at radius 2 is 2.00 bits per heavy atom. The summed E-state index contributed by atoms with van der Waals surface area (Å²) in [6, 6.07) is 0. The molecule has 1 aliphatic rings. The maximum absolute atomic E-state index is 12.0. The molecule has 0 spiro atoms. The second kappa shape index (κ2) is 6.85. The maximum Gasteiger partial charge on any atom is 0.320 e. The first-order chi connectivity index (χ1) is 8.92. The predicted octanol–water partition coefficient (Wildman–Crippen LogP) is -0.189. The lowest BCUT2D eigenvalue weighted by atomic mass is 10.1. The number of methoxy groups -OCH3 is 1. The Morgan fingerprint density at radius 1 is 1.32 bits per heavy atom. The van der Waals surface area contributed by atoms with Gasteiger partial charge in [-0.1, -0.05) is 6.42 Å². The van der Waals surface area contributed by atoms with Gasteiger partial charge < -0.3 is 9.47 Å². The minimum absolute atomic E-state index is 0.189. The first-order valence-electron chi connectivity index (χ1n) is 6.14. The van der Waals surface area contributed by atoms with E-state index in [4.69, 9.17) is 0 Å². The normalized spacial score (nSPS) is 23.1. The third kappa shape index (κ3) is 4.17. The van der Waals surface area contributed by atoms with Gasteiger partial charge in [0, 0.05) is 0 Å². The molecule has 1 fully saturated rings. The summed E-state index contributed by atoms with van der Waals surface area (Å²) in [4.78, 5) is 22.6. The van der Waals surface area contributed by atoms with E-state index in [1.807, 2.05) is 0 Å². The molecule has 0 aromatic carbocycles. The first-order valence-corrected chi connectivity index (χ1v) is 7.69. The van der Waals surface area contributed by atoms with Crippen molar-refractivity contribution in [3.63, 3.8) is 0 Å². The molecule has 2 atom stereocenters. The summed E-state index contributed by atoms with van der Waals surface area (Å²) < 4.78 is 35.5. The number of nitrogens with one attached hydrogen (secondary N) is 1. The molecule has 19 heavy (non-hydrogen) atoms. The van der Waals surface area contributed by atoms with E-state index in [0.29, 0.717) is 19.3 Å². The van der Waals surface area contributed by atoms with Crippen LogP contribution >= 0.6 is 0 Å². The Kier molecular flexibility index (Phi) is 5.74. The molecule has 1 saturated carbocycles. The lowest BCUT2D eigenvalue weighted by molar-refractivity contribution is -0.145. The van der Waals surface area contributed by atoms with Crippen LogP contribution in [-0.2, 0) is 29.1 Å². The first kappa shape index (κ1) is 15.9. The van der Waals surface area contributed by atoms with Gasteiger partial charge in [0.1, 0.15) is 6.54 Å². The number of carbonyl (C=O) groups excluding carboxylic acids is 2. The third-order valence-corrected chi connectivity index (χ3v) is 4.99. The Morgan fingerprint density at radius 3 is 2.58 bits per heavy atom. The predicted molar refractivity (Wildman–Crippen MR) is 66.7 cm³/mol. The number of rotatable bonds is 6. The van der Waals surface area contributed by atoms with Crippen molar-refractivity contribution in [2.24, 2.45) is 5.92 Å². The van der Waals surface area contributed by atoms with E-state index in [-0.39, 0.29) is 6.61 Å². The highest BCUT2D eigenvalue weighted by Crippen LogP contribution is 2.31. The molecular weight excluding hydrogens is 274 g/mol. The van der Waals surface area contributed by atoms with Crippen molar-refractivity contribution < 1.29 is 27.5 Å². The van der Waals surface area contributed by atoms with E-state index in [1.165, 1.54) is 7.11 Å². The Labute approximate surface area is 112 Å². The lowest BCUT2D eigenvalue weighted by Crippen LogP contribution is -2.41. The quantitative estimate of drug-likeness (QED) is 0.682. The molecule has 0 aromatic rings. The highest BCUT2D eigenvalue weighted by Gasteiger charge is 2.42. The molecule has 0 saturated heterocycles. The van der Waals surface area contributed by atoms with Crippen molar-refractivity contribution >= 4 is 22.0 Å². The molecule has 0 amide bonds. The van der Waals surface area contributed by atoms with Gasteiger partial charge in [-0.15, -0.1) is 0 Å². The van der Waals surface area contributed by atoms with Crippen LogP contribution in [0.5, 0.6) is 0 Å². The molecular formula is C11H19NO6S. The van der Waals surface area contributed by atoms with Crippen LogP contribution in [0.15, 0.2) is 0 Å². The molecule has 0 aromatic heterocycles. The highest BCUT2D eigenvalue weighted by atomic mass is 32.2. The van der Waals surface area contributed by atoms with Gasteiger partial charge in [0.05, 0.1) is 24.9 Å². The van der Waals surface area contributed by atoms with Crippen molar-refractivity contribution in [1.29, 1.82) is 0 Å². The van der Waals surface area contributed by atoms with E-state index in [1.54, 1.807) is 6.92 Å². The van der Waals surface area contributed by atoms with Crippen molar-refractivity contribution in [2.75, 3.05) is 20.3 Å². The zero-order valence-electron chi connectivity index (χ0n) is 11.0. The fourth-order valence-corrected chi connectivity index (χ4v) is 3.89. The number of sulfonamides is 1. The number of hydrogen-bond acceptors (Lipinski definition) is 6. The van der Waals surface area contributed by atoms with Gasteiger partial charge in [0.15, 0.2) is 0 Å². The number of ether oxygens (including phenoxy) is 2. The molecule has 1 N–H and O–H groups in total. The van der Waals surface area contributed by atoms with Gasteiger partial charge in [0.2, 0.25) is 10.0 Å². The molecule has 2 unspecified atom stereocenters. The van der Waals surface area contributed by atoms with Crippen LogP contribution in [0, 0.1) is 5.92 Å². The topological polar surface area (TPSA) is 98.8 Å². The summed E-state index contributed by atoms with van der Waals surface area (Å²) in [6.07, 6.45) is 1.51. The number of hydrogen-bond donors (Lipinski definition) is 1. The summed E-state index contributed by atoms with van der Waals surface area (Å²) in [7, 11) is -2.50. The maximum atomic E-state index is 12.0. The average Bonchev–Trinajstić information content (AvgIpc) is 2.86. The summed E-state index contributed by atoms with van der Waals surface area (Å²) in [5.74, 6) is -1.83. The summed E-state index contributed by atoms with van der Waals surface area (Å²) in [5, 5.41) is -0.839. The van der Waals surface area contributed by atoms with E-state index in [2.05, 4.69) is 14.2 Å². The van der Waals surface area contributed by atoms with E-state index in [9.17, 15) is 18.0 Å². The van der Waals surface area contributed by atoms with Gasteiger partial charge in [0.25, 0.3) is 0 Å². The van der Waals surface area contributed by atoms with Crippen molar-refractivity contribution in [3.05, 3.63) is 0 Å². The Hall–Kier alpha value is -1.15. The number of esters is 2. The van der Waals surface area contributed by atoms with Crippen LogP contribution in [0.4, 0.5) is 0 Å². The molecule has 110 valence electrons. The van der Waals surface area contributed by atoms with Crippen molar-refractivity contribution in [1.82, 2.24) is 4.72 Å². The Balaban J connectivity index is 2.66. The van der Waals surface area contributed by atoms with Crippen LogP contribution in [0.2, 0.25) is 0 Å². The van der Waals surface area contributed by atoms with Crippen molar-refractivity contribution in [3.8, 4) is 0 Å². The Bertz CT molecular complexity index is 432. The summed E-state index contributed by atoms with van der Waals surface area (Å²) in [5.41, 5.74) is 0. The molecule has 0 heterocycles. The molecule has 8 heteroatoms. The number of carbonyl (C=O) groups is 2. The molecule has 1 rings (SSSR count). The fourth-order valence-electron chi connectivity index (χ4n) is 2.20. The molecule has 7 nitrogen and oxygen atoms in total. The lowest BCUT2D eigenvalue weighted by Gasteiger charge is -2.18. The second-order valence-corrected chi connectivity index (χ2v) is 6.25. The van der Waals surface area contributed by atoms with Crippen LogP contribution < -0.4 is 4.72 Å². The largest absolute Gasteiger partial charge is 0.469 e. The van der Waals surface area contributed by atoms with Gasteiger partial charge in [-0.3, -0.25) is 9.59 Å². The van der Waals surface area contributed by atoms with Gasteiger partial charge in [-0.2, -0.15) is 0 Å². The average molecular weight is 293 g/mol. The van der Waals surface area contributed by atoms with Gasteiger partial charge in [-0.05, 0) is 19.8 Å². The van der Waals surface area contributed by atoms with Crippen molar-refractivity contribution in [2.45, 2.75) is 31.4 Å². The molecule has 1 aliphatic carbocycles. The fraction of sp³-hybridized carbons (Fsp3) is 0.818. The van der Waals surface area contributed by atoms with Crippen LogP contribution in [-0.4, -0.2) is 45.9 Å². The summed E-state index contributed by atoms with van der Waals surface area (Å²) in [6.45, 7) is 1.41. The standard InChI is InChI=1S/C11H19NO6S/c1-3-18-10(13)7-12-19(15,16)9-6-4-5-8(9)11(14)17-2/h8-9,12H,3-7H2,1-2H3. The third-order valence-electron chi connectivity index (χ3n) is 3.08. The zero-order chi connectivity index (χ0) is 14.5. The van der Waals surface area contributed by atoms with Crippen LogP contribution in [0.25, 0.3) is 0 Å². The summed E-state index contributed by atoms with van der Waals surface area (Å²) >= 11 is 0. The van der Waals surface area contributed by atoms with Crippen LogP contribution in [0.3, 0.4) is 0 Å². The van der Waals surface area contributed by atoms with Gasteiger partial charge >= 0.3 is 11.9 Å². The van der Waals surface area contributed by atoms with E-state index < -0.39 is 39.7 Å². The smallest absolute Gasteiger partial charge is 0.320 e. The molecule has 0 radical (unpaired) electrons. The van der Waals surface area contributed by atoms with Crippen LogP contribution in [0.1, 0.15) is 26.2 Å². The molecule has 0 aliphatic heterocycles. The monoisotopic (exact) mass is 293 g/mol. The highest BCUT2D eigenvalue weighted by molar-refractivity contribution is 7.90. The molecule has 0 bridgehead atoms. The zero-order valence-corrected chi connectivity index (χ0v) is 11.9. The van der Waals surface area contributed by atoms with Gasteiger partial charge in [-0.25, -0.2) is 13.1 Å². The minimum Gasteiger partial charge on any atom is -0.469 e. The van der Waals surface area contributed by atoms with E-state index >= 15 is 0 Å².